The molecule has 21 heavy (non-hydrogen) atoms. The van der Waals surface area contributed by atoms with Crippen molar-refractivity contribution in [3.8, 4) is 5.75 Å². The van der Waals surface area contributed by atoms with Gasteiger partial charge in [0, 0.05) is 12.6 Å². The highest BCUT2D eigenvalue weighted by molar-refractivity contribution is 5.98. The Morgan fingerprint density at radius 3 is 3.00 bits per heavy atom. The number of nitrogens with one attached hydrogen (secondary N) is 2. The molecular weight excluding hydrogens is 274 g/mol. The first kappa shape index (κ1) is 15.2. The molecule has 1 aromatic carbocycles. The van der Waals surface area contributed by atoms with E-state index in [4.69, 9.17) is 4.74 Å². The van der Waals surface area contributed by atoms with Crippen molar-refractivity contribution in [1.82, 2.24) is 10.6 Å². The van der Waals surface area contributed by atoms with Crippen molar-refractivity contribution in [2.45, 2.75) is 12.8 Å². The smallest absolute Gasteiger partial charge is 0.282 e. The second-order valence-electron chi connectivity index (χ2n) is 5.06. The molecule has 0 aromatic heterocycles. The maximum Gasteiger partial charge on any atom is 0.282 e. The molecule has 1 atom stereocenters. The van der Waals surface area contributed by atoms with Crippen LogP contribution in [-0.4, -0.2) is 37.6 Å². The van der Waals surface area contributed by atoms with Crippen molar-refractivity contribution in [2.24, 2.45) is 5.92 Å². The monoisotopic (exact) mass is 293 g/mol. The van der Waals surface area contributed by atoms with Gasteiger partial charge in [-0.05, 0) is 44.0 Å². The molecule has 0 aliphatic carbocycles. The molecule has 114 valence electrons. The van der Waals surface area contributed by atoms with Crippen molar-refractivity contribution in [2.75, 3.05) is 26.7 Å². The molecule has 1 amide bonds. The Bertz CT molecular complexity index is 527. The van der Waals surface area contributed by atoms with Gasteiger partial charge in [-0.2, -0.15) is 0 Å². The molecule has 0 radical (unpaired) electrons. The number of benzene rings is 1. The van der Waals surface area contributed by atoms with Crippen LogP contribution < -0.4 is 15.4 Å². The van der Waals surface area contributed by atoms with Crippen molar-refractivity contribution in [3.05, 3.63) is 33.9 Å². The quantitative estimate of drug-likeness (QED) is 0.631. The summed E-state index contributed by atoms with van der Waals surface area (Å²) in [4.78, 5) is 22.6. The zero-order valence-electron chi connectivity index (χ0n) is 11.9. The Balaban J connectivity index is 2.07. The van der Waals surface area contributed by atoms with E-state index in [1.807, 2.05) is 0 Å². The summed E-state index contributed by atoms with van der Waals surface area (Å²) >= 11 is 0. The van der Waals surface area contributed by atoms with Gasteiger partial charge >= 0.3 is 0 Å². The van der Waals surface area contributed by atoms with Crippen LogP contribution in [0.2, 0.25) is 0 Å². The average molecular weight is 293 g/mol. The van der Waals surface area contributed by atoms with Crippen LogP contribution in [0.25, 0.3) is 0 Å². The van der Waals surface area contributed by atoms with Gasteiger partial charge in [0.05, 0.1) is 12.0 Å². The number of nitro groups is 1. The van der Waals surface area contributed by atoms with Gasteiger partial charge in [0.2, 0.25) is 0 Å². The number of rotatable bonds is 5. The van der Waals surface area contributed by atoms with Gasteiger partial charge in [0.25, 0.3) is 11.6 Å². The van der Waals surface area contributed by atoms with E-state index in [0.29, 0.717) is 18.2 Å². The van der Waals surface area contributed by atoms with E-state index in [1.165, 1.54) is 25.3 Å². The fourth-order valence-corrected chi connectivity index (χ4v) is 2.41. The molecule has 1 aromatic rings. The predicted molar refractivity (Wildman–Crippen MR) is 77.6 cm³/mol. The lowest BCUT2D eigenvalue weighted by Crippen LogP contribution is -2.38. The van der Waals surface area contributed by atoms with Crippen LogP contribution in [0.3, 0.4) is 0 Å². The minimum Gasteiger partial charge on any atom is -0.497 e. The molecule has 2 rings (SSSR count). The number of carbonyl (C=O) groups excluding carboxylic acids is 1. The summed E-state index contributed by atoms with van der Waals surface area (Å²) in [7, 11) is 1.45. The van der Waals surface area contributed by atoms with Crippen molar-refractivity contribution >= 4 is 11.6 Å². The molecule has 1 heterocycles. The molecule has 1 unspecified atom stereocenters. The fourth-order valence-electron chi connectivity index (χ4n) is 2.41. The minimum absolute atomic E-state index is 0.0307. The Morgan fingerprint density at radius 2 is 2.38 bits per heavy atom. The van der Waals surface area contributed by atoms with Crippen molar-refractivity contribution in [1.29, 1.82) is 0 Å². The van der Waals surface area contributed by atoms with E-state index in [1.54, 1.807) is 0 Å². The number of carbonyl (C=O) groups is 1. The number of hydrogen-bond acceptors (Lipinski definition) is 5. The molecule has 7 heteroatoms. The van der Waals surface area contributed by atoms with E-state index in [9.17, 15) is 14.9 Å². The SMILES string of the molecule is COc1ccc([N+](=O)[O-])c(C(=O)NCC2CCCNC2)c1. The molecule has 0 saturated carbocycles. The first-order chi connectivity index (χ1) is 10.1. The highest BCUT2D eigenvalue weighted by atomic mass is 16.6. The third-order valence-electron chi connectivity index (χ3n) is 3.60. The van der Waals surface area contributed by atoms with Gasteiger partial charge in [-0.25, -0.2) is 0 Å². The molecule has 1 aliphatic rings. The zero-order chi connectivity index (χ0) is 15.2. The minimum atomic E-state index is -0.559. The summed E-state index contributed by atoms with van der Waals surface area (Å²) < 4.78 is 5.02. The number of methoxy groups -OCH3 is 1. The van der Waals surface area contributed by atoms with Gasteiger partial charge in [-0.3, -0.25) is 14.9 Å². The molecule has 2 N–H and O–H groups in total. The molecule has 7 nitrogen and oxygen atoms in total. The summed E-state index contributed by atoms with van der Waals surface area (Å²) in [6.45, 7) is 2.38. The molecule has 1 fully saturated rings. The topological polar surface area (TPSA) is 93.5 Å². The third kappa shape index (κ3) is 3.91. The summed E-state index contributed by atoms with van der Waals surface area (Å²) in [5, 5.41) is 17.0. The zero-order valence-corrected chi connectivity index (χ0v) is 11.9. The number of nitro benzene ring substituents is 1. The highest BCUT2D eigenvalue weighted by Crippen LogP contribution is 2.24. The van der Waals surface area contributed by atoms with E-state index in [-0.39, 0.29) is 11.3 Å². The van der Waals surface area contributed by atoms with Gasteiger partial charge in [0.15, 0.2) is 0 Å². The first-order valence-electron chi connectivity index (χ1n) is 6.93. The van der Waals surface area contributed by atoms with Gasteiger partial charge in [-0.15, -0.1) is 0 Å². The second-order valence-corrected chi connectivity index (χ2v) is 5.06. The van der Waals surface area contributed by atoms with E-state index >= 15 is 0 Å². The highest BCUT2D eigenvalue weighted by Gasteiger charge is 2.22. The molecule has 0 bridgehead atoms. The van der Waals surface area contributed by atoms with Crippen LogP contribution in [0.15, 0.2) is 18.2 Å². The summed E-state index contributed by atoms with van der Waals surface area (Å²) in [5.41, 5.74) is -0.182. The molecule has 1 saturated heterocycles. The largest absolute Gasteiger partial charge is 0.497 e. The maximum absolute atomic E-state index is 12.2. The van der Waals surface area contributed by atoms with Crippen LogP contribution in [-0.2, 0) is 0 Å². The molecular formula is C14H19N3O4. The third-order valence-corrected chi connectivity index (χ3v) is 3.60. The standard InChI is InChI=1S/C14H19N3O4/c1-21-11-4-5-13(17(19)20)12(7-11)14(18)16-9-10-3-2-6-15-8-10/h4-5,7,10,15H,2-3,6,8-9H2,1H3,(H,16,18). The average Bonchev–Trinajstić information content (AvgIpc) is 2.52. The Labute approximate surface area is 122 Å². The Kier molecular flexibility index (Phi) is 5.10. The lowest BCUT2D eigenvalue weighted by atomic mass is 9.99. The number of nitrogens with zero attached hydrogens (tertiary/aromatic N) is 1. The van der Waals surface area contributed by atoms with Crippen molar-refractivity contribution in [3.63, 3.8) is 0 Å². The number of piperidine rings is 1. The predicted octanol–water partition coefficient (Wildman–Crippen LogP) is 1.33. The van der Waals surface area contributed by atoms with E-state index in [2.05, 4.69) is 10.6 Å². The number of amides is 1. The molecule has 1 aliphatic heterocycles. The summed E-state index contributed by atoms with van der Waals surface area (Å²) in [6, 6.07) is 4.16. The lowest BCUT2D eigenvalue weighted by Gasteiger charge is -2.22. The van der Waals surface area contributed by atoms with Crippen LogP contribution >= 0.6 is 0 Å². The Hall–Kier alpha value is -2.15. The van der Waals surface area contributed by atoms with Crippen molar-refractivity contribution < 1.29 is 14.5 Å². The first-order valence-corrected chi connectivity index (χ1v) is 6.93. The normalized spacial score (nSPS) is 18.0. The molecule has 0 spiro atoms. The second kappa shape index (κ2) is 7.03. The summed E-state index contributed by atoms with van der Waals surface area (Å²) in [6.07, 6.45) is 2.13. The van der Waals surface area contributed by atoms with Crippen LogP contribution in [0, 0.1) is 16.0 Å². The van der Waals surface area contributed by atoms with Crippen LogP contribution in [0.5, 0.6) is 5.75 Å². The number of hydrogen-bond donors (Lipinski definition) is 2. The maximum atomic E-state index is 12.2. The number of ether oxygens (including phenoxy) is 1. The fraction of sp³-hybridized carbons (Fsp3) is 0.500. The van der Waals surface area contributed by atoms with Gasteiger partial charge in [0.1, 0.15) is 11.3 Å². The van der Waals surface area contributed by atoms with Gasteiger partial charge in [-0.1, -0.05) is 0 Å². The van der Waals surface area contributed by atoms with Gasteiger partial charge < -0.3 is 15.4 Å². The summed E-state index contributed by atoms with van der Waals surface area (Å²) in [5.74, 6) is 0.351. The van der Waals surface area contributed by atoms with Crippen LogP contribution in [0.4, 0.5) is 5.69 Å². The lowest BCUT2D eigenvalue weighted by molar-refractivity contribution is -0.385. The Morgan fingerprint density at radius 1 is 1.57 bits per heavy atom. The van der Waals surface area contributed by atoms with E-state index < -0.39 is 10.8 Å². The van der Waals surface area contributed by atoms with E-state index in [0.717, 1.165) is 25.9 Å². The van der Waals surface area contributed by atoms with Crippen LogP contribution in [0.1, 0.15) is 23.2 Å².